The van der Waals surface area contributed by atoms with E-state index in [2.05, 4.69) is 15.3 Å². The Balaban J connectivity index is 2.09. The van der Waals surface area contributed by atoms with Crippen LogP contribution in [0, 0.1) is 0 Å². The Morgan fingerprint density at radius 2 is 2.00 bits per heavy atom. The summed E-state index contributed by atoms with van der Waals surface area (Å²) in [5, 5.41) is 12.9. The molecule has 0 aliphatic rings. The van der Waals surface area contributed by atoms with Crippen LogP contribution in [0.1, 0.15) is 12.5 Å². The van der Waals surface area contributed by atoms with Gasteiger partial charge in [0.1, 0.15) is 0 Å². The van der Waals surface area contributed by atoms with Crippen LogP contribution in [-0.4, -0.2) is 30.3 Å². The lowest BCUT2D eigenvalue weighted by Gasteiger charge is -2.12. The van der Waals surface area contributed by atoms with E-state index in [1.54, 1.807) is 18.5 Å². The maximum absolute atomic E-state index is 12.2. The molecule has 0 bridgehead atoms. The van der Waals surface area contributed by atoms with Crippen LogP contribution >= 0.6 is 0 Å². The molecule has 8 nitrogen and oxygen atoms in total. The molecule has 2 heterocycles. The van der Waals surface area contributed by atoms with Gasteiger partial charge >= 0.3 is 5.69 Å². The molecule has 1 aromatic carbocycles. The zero-order chi connectivity index (χ0) is 17.3. The van der Waals surface area contributed by atoms with Crippen molar-refractivity contribution in [3.63, 3.8) is 0 Å². The molecule has 3 aromatic rings. The van der Waals surface area contributed by atoms with Gasteiger partial charge in [0.05, 0.1) is 12.6 Å². The first-order chi connectivity index (χ1) is 11.5. The highest BCUT2D eigenvalue weighted by molar-refractivity contribution is 5.74. The summed E-state index contributed by atoms with van der Waals surface area (Å²) in [6, 6.07) is 9.74. The molecule has 0 spiro atoms. The average Bonchev–Trinajstić information content (AvgIpc) is 2.90. The number of rotatable bonds is 5. The Hall–Kier alpha value is -2.87. The second-order valence-electron chi connectivity index (χ2n) is 5.72. The summed E-state index contributed by atoms with van der Waals surface area (Å²) >= 11 is 0. The third-order valence-electron chi connectivity index (χ3n) is 3.75. The van der Waals surface area contributed by atoms with E-state index in [0.717, 1.165) is 5.56 Å². The van der Waals surface area contributed by atoms with Gasteiger partial charge in [-0.15, -0.1) is 0 Å². The third kappa shape index (κ3) is 2.95. The Bertz CT molecular complexity index is 969. The number of aromatic amines is 1. The topological polar surface area (TPSA) is 105 Å². The first kappa shape index (κ1) is 16.0. The normalized spacial score (nSPS) is 12.5. The molecular weight excluding hydrogens is 310 g/mol. The number of nitrogens with one attached hydrogen (secondary N) is 2. The summed E-state index contributed by atoms with van der Waals surface area (Å²) in [5.41, 5.74) is 0.544. The van der Waals surface area contributed by atoms with Crippen LogP contribution < -0.4 is 16.6 Å². The van der Waals surface area contributed by atoms with Gasteiger partial charge in [0.25, 0.3) is 5.56 Å². The second kappa shape index (κ2) is 6.32. The van der Waals surface area contributed by atoms with E-state index in [-0.39, 0.29) is 17.7 Å². The molecule has 0 fully saturated rings. The number of anilines is 1. The average molecular weight is 329 g/mol. The van der Waals surface area contributed by atoms with Gasteiger partial charge in [0, 0.05) is 13.6 Å². The molecule has 0 saturated heterocycles. The number of hydrogen-bond donors (Lipinski definition) is 3. The molecule has 1 atom stereocenters. The van der Waals surface area contributed by atoms with Crippen molar-refractivity contribution in [3.8, 4) is 0 Å². The zero-order valence-corrected chi connectivity index (χ0v) is 13.5. The van der Waals surface area contributed by atoms with E-state index in [0.29, 0.717) is 12.5 Å². The number of hydrogen-bond acceptors (Lipinski definition) is 5. The van der Waals surface area contributed by atoms with E-state index >= 15 is 0 Å². The fraction of sp³-hybridized carbons (Fsp3) is 0.312. The van der Waals surface area contributed by atoms with E-state index in [4.69, 9.17) is 0 Å². The summed E-state index contributed by atoms with van der Waals surface area (Å²) < 4.78 is 2.88. The SMILES string of the molecule is C[C@@H](O)Cn1c(NCc2ccccc2)nc2c1c(=O)[nH]c(=O)n2C. The highest BCUT2D eigenvalue weighted by Gasteiger charge is 2.18. The molecule has 0 amide bonds. The van der Waals surface area contributed by atoms with Gasteiger partial charge in [-0.1, -0.05) is 30.3 Å². The van der Waals surface area contributed by atoms with Crippen molar-refractivity contribution in [2.24, 2.45) is 7.05 Å². The highest BCUT2D eigenvalue weighted by Crippen LogP contribution is 2.17. The monoisotopic (exact) mass is 329 g/mol. The van der Waals surface area contributed by atoms with Crippen molar-refractivity contribution in [2.75, 3.05) is 5.32 Å². The van der Waals surface area contributed by atoms with Crippen LogP contribution in [0.2, 0.25) is 0 Å². The summed E-state index contributed by atoms with van der Waals surface area (Å²) in [4.78, 5) is 30.6. The Morgan fingerprint density at radius 3 is 2.67 bits per heavy atom. The Morgan fingerprint density at radius 1 is 1.29 bits per heavy atom. The lowest BCUT2D eigenvalue weighted by Crippen LogP contribution is -2.29. The van der Waals surface area contributed by atoms with Crippen LogP contribution in [0.4, 0.5) is 5.95 Å². The zero-order valence-electron chi connectivity index (χ0n) is 13.5. The van der Waals surface area contributed by atoms with Gasteiger partial charge < -0.3 is 15.0 Å². The molecule has 3 N–H and O–H groups in total. The largest absolute Gasteiger partial charge is 0.392 e. The number of aliphatic hydroxyl groups is 1. The molecule has 0 aliphatic heterocycles. The van der Waals surface area contributed by atoms with Gasteiger partial charge in [0.15, 0.2) is 11.2 Å². The number of aromatic nitrogens is 4. The van der Waals surface area contributed by atoms with Crippen molar-refractivity contribution >= 4 is 17.1 Å². The standard InChI is InChI=1S/C16H19N5O3/c1-10(22)9-21-12-13(20(2)16(24)19-14(12)23)18-15(21)17-8-11-6-4-3-5-7-11/h3-7,10,22H,8-9H2,1-2H3,(H,17,18)(H,19,23,24)/t10-/m1/s1. The quantitative estimate of drug-likeness (QED) is 0.629. The molecule has 24 heavy (non-hydrogen) atoms. The Labute approximate surface area is 137 Å². The van der Waals surface area contributed by atoms with Crippen molar-refractivity contribution in [1.29, 1.82) is 0 Å². The molecule has 3 rings (SSSR count). The van der Waals surface area contributed by atoms with E-state index < -0.39 is 17.4 Å². The Kier molecular flexibility index (Phi) is 4.22. The molecule has 0 radical (unpaired) electrons. The van der Waals surface area contributed by atoms with Gasteiger partial charge in [-0.25, -0.2) is 4.79 Å². The van der Waals surface area contributed by atoms with E-state index in [1.165, 1.54) is 4.57 Å². The highest BCUT2D eigenvalue weighted by atomic mass is 16.3. The van der Waals surface area contributed by atoms with E-state index in [1.807, 2.05) is 30.3 Å². The molecule has 2 aromatic heterocycles. The van der Waals surface area contributed by atoms with Crippen molar-refractivity contribution < 1.29 is 5.11 Å². The first-order valence-corrected chi connectivity index (χ1v) is 7.62. The minimum Gasteiger partial charge on any atom is -0.392 e. The summed E-state index contributed by atoms with van der Waals surface area (Å²) in [6.45, 7) is 2.33. The van der Waals surface area contributed by atoms with Crippen LogP contribution in [-0.2, 0) is 20.1 Å². The number of imidazole rings is 1. The first-order valence-electron chi connectivity index (χ1n) is 7.62. The number of nitrogens with zero attached hydrogens (tertiary/aromatic N) is 3. The molecular formula is C16H19N5O3. The van der Waals surface area contributed by atoms with Gasteiger partial charge in [-0.2, -0.15) is 4.98 Å². The van der Waals surface area contributed by atoms with Crippen LogP contribution in [0.25, 0.3) is 11.2 Å². The number of aliphatic hydroxyl groups excluding tert-OH is 1. The lowest BCUT2D eigenvalue weighted by molar-refractivity contribution is 0.175. The van der Waals surface area contributed by atoms with Crippen LogP contribution in [0.5, 0.6) is 0 Å². The van der Waals surface area contributed by atoms with Gasteiger partial charge in [-0.3, -0.25) is 14.3 Å². The maximum Gasteiger partial charge on any atom is 0.329 e. The molecule has 126 valence electrons. The van der Waals surface area contributed by atoms with Crippen molar-refractivity contribution in [3.05, 3.63) is 56.7 Å². The fourth-order valence-electron chi connectivity index (χ4n) is 2.59. The van der Waals surface area contributed by atoms with Gasteiger partial charge in [0.2, 0.25) is 5.95 Å². The molecule has 0 saturated carbocycles. The minimum absolute atomic E-state index is 0.189. The molecule has 8 heteroatoms. The lowest BCUT2D eigenvalue weighted by atomic mass is 10.2. The summed E-state index contributed by atoms with van der Waals surface area (Å²) in [6.07, 6.45) is -0.670. The summed E-state index contributed by atoms with van der Waals surface area (Å²) in [7, 11) is 1.54. The molecule has 0 unspecified atom stereocenters. The fourth-order valence-corrected chi connectivity index (χ4v) is 2.59. The van der Waals surface area contributed by atoms with Crippen LogP contribution in [0.15, 0.2) is 39.9 Å². The van der Waals surface area contributed by atoms with Crippen molar-refractivity contribution in [1.82, 2.24) is 19.1 Å². The van der Waals surface area contributed by atoms with Crippen molar-refractivity contribution in [2.45, 2.75) is 26.1 Å². The predicted octanol–water partition coefficient (Wildman–Crippen LogP) is 0.416. The number of aryl methyl sites for hydroxylation is 1. The molecule has 0 aliphatic carbocycles. The predicted molar refractivity (Wildman–Crippen MR) is 91.0 cm³/mol. The minimum atomic E-state index is -0.670. The number of benzene rings is 1. The maximum atomic E-state index is 12.2. The second-order valence-corrected chi connectivity index (χ2v) is 5.72. The summed E-state index contributed by atoms with van der Waals surface area (Å²) in [5.74, 6) is 0.432. The van der Waals surface area contributed by atoms with E-state index in [9.17, 15) is 14.7 Å². The van der Waals surface area contributed by atoms with Crippen LogP contribution in [0.3, 0.4) is 0 Å². The van der Waals surface area contributed by atoms with Gasteiger partial charge in [-0.05, 0) is 12.5 Å². The number of fused-ring (bicyclic) bond motifs is 1. The smallest absolute Gasteiger partial charge is 0.329 e. The third-order valence-corrected chi connectivity index (χ3v) is 3.75. The number of H-pyrrole nitrogens is 1.